The van der Waals surface area contributed by atoms with Crippen molar-refractivity contribution in [3.05, 3.63) is 0 Å². The van der Waals surface area contributed by atoms with Crippen LogP contribution < -0.4 is 11.1 Å². The third-order valence-corrected chi connectivity index (χ3v) is 3.40. The standard InChI is InChI=1S/C10H21N3O4S/c1-4-13(7-9(14)12-2)10(15)8(11)5-6-18(3,16)17/h8H,4-7,11H2,1-3H3,(H,12,14). The first-order valence-electron chi connectivity index (χ1n) is 5.64. The van der Waals surface area contributed by atoms with Crippen LogP contribution in [0.3, 0.4) is 0 Å². The van der Waals surface area contributed by atoms with E-state index in [1.165, 1.54) is 11.9 Å². The fourth-order valence-electron chi connectivity index (χ4n) is 1.30. The summed E-state index contributed by atoms with van der Waals surface area (Å²) in [7, 11) is -1.67. The lowest BCUT2D eigenvalue weighted by molar-refractivity contribution is -0.136. The summed E-state index contributed by atoms with van der Waals surface area (Å²) >= 11 is 0. The van der Waals surface area contributed by atoms with Crippen LogP contribution in [0, 0.1) is 0 Å². The average Bonchev–Trinajstić information content (AvgIpc) is 2.30. The smallest absolute Gasteiger partial charge is 0.239 e. The minimum absolute atomic E-state index is 0.0575. The van der Waals surface area contributed by atoms with Crippen LogP contribution in [0.4, 0.5) is 0 Å². The highest BCUT2D eigenvalue weighted by atomic mass is 32.2. The van der Waals surface area contributed by atoms with Gasteiger partial charge in [-0.2, -0.15) is 0 Å². The molecular formula is C10H21N3O4S. The van der Waals surface area contributed by atoms with Crippen LogP contribution in [0.15, 0.2) is 0 Å². The summed E-state index contributed by atoms with van der Waals surface area (Å²) in [6, 6.07) is -0.899. The van der Waals surface area contributed by atoms with Gasteiger partial charge in [-0.05, 0) is 13.3 Å². The van der Waals surface area contributed by atoms with E-state index in [0.29, 0.717) is 6.54 Å². The Morgan fingerprint density at radius 1 is 1.39 bits per heavy atom. The average molecular weight is 279 g/mol. The molecule has 0 bridgehead atoms. The van der Waals surface area contributed by atoms with E-state index in [2.05, 4.69) is 5.32 Å². The van der Waals surface area contributed by atoms with Gasteiger partial charge in [-0.1, -0.05) is 0 Å². The third-order valence-electron chi connectivity index (χ3n) is 2.42. The van der Waals surface area contributed by atoms with E-state index in [9.17, 15) is 18.0 Å². The Kier molecular flexibility index (Phi) is 6.85. The van der Waals surface area contributed by atoms with Crippen LogP contribution in [0.25, 0.3) is 0 Å². The summed E-state index contributed by atoms with van der Waals surface area (Å²) in [6.45, 7) is 2.00. The van der Waals surface area contributed by atoms with Crippen LogP contribution >= 0.6 is 0 Å². The van der Waals surface area contributed by atoms with Crippen LogP contribution in [-0.2, 0) is 19.4 Å². The van der Waals surface area contributed by atoms with Gasteiger partial charge < -0.3 is 16.0 Å². The molecule has 7 nitrogen and oxygen atoms in total. The molecule has 0 saturated carbocycles. The number of rotatable bonds is 7. The molecule has 1 atom stereocenters. The first-order valence-corrected chi connectivity index (χ1v) is 7.70. The van der Waals surface area contributed by atoms with Gasteiger partial charge in [0.2, 0.25) is 11.8 Å². The molecule has 2 amide bonds. The fraction of sp³-hybridized carbons (Fsp3) is 0.800. The fourth-order valence-corrected chi connectivity index (χ4v) is 1.98. The molecule has 0 fully saturated rings. The molecule has 3 N–H and O–H groups in total. The van der Waals surface area contributed by atoms with Gasteiger partial charge in [0.25, 0.3) is 0 Å². The number of nitrogens with two attached hydrogens (primary N) is 1. The van der Waals surface area contributed by atoms with Gasteiger partial charge in [-0.25, -0.2) is 8.42 Å². The molecule has 0 radical (unpaired) electrons. The molecule has 0 saturated heterocycles. The number of hydrogen-bond donors (Lipinski definition) is 2. The Bertz CT molecular complexity index is 394. The van der Waals surface area contributed by atoms with Gasteiger partial charge in [0.1, 0.15) is 9.84 Å². The van der Waals surface area contributed by atoms with Crippen LogP contribution in [-0.4, -0.2) is 63.3 Å². The van der Waals surface area contributed by atoms with Crippen LogP contribution in [0.5, 0.6) is 0 Å². The number of carbonyl (C=O) groups excluding carboxylic acids is 2. The van der Waals surface area contributed by atoms with Crippen molar-refractivity contribution in [2.75, 3.05) is 32.1 Å². The van der Waals surface area contributed by atoms with E-state index in [0.717, 1.165) is 6.26 Å². The van der Waals surface area contributed by atoms with Crippen molar-refractivity contribution >= 4 is 21.7 Å². The number of likely N-dealkylation sites (N-methyl/N-ethyl adjacent to an activating group) is 2. The molecular weight excluding hydrogens is 258 g/mol. The minimum atomic E-state index is -3.14. The van der Waals surface area contributed by atoms with Crippen LogP contribution in [0.2, 0.25) is 0 Å². The molecule has 1 unspecified atom stereocenters. The van der Waals surface area contributed by atoms with Gasteiger partial charge in [0, 0.05) is 19.8 Å². The van der Waals surface area contributed by atoms with Crippen molar-refractivity contribution in [1.29, 1.82) is 0 Å². The summed E-state index contributed by atoms with van der Waals surface area (Å²) in [4.78, 5) is 24.3. The lowest BCUT2D eigenvalue weighted by Gasteiger charge is -2.23. The van der Waals surface area contributed by atoms with E-state index >= 15 is 0 Å². The van der Waals surface area contributed by atoms with E-state index in [-0.39, 0.29) is 24.6 Å². The van der Waals surface area contributed by atoms with Crippen molar-refractivity contribution in [1.82, 2.24) is 10.2 Å². The number of sulfone groups is 1. The highest BCUT2D eigenvalue weighted by Crippen LogP contribution is 2.00. The quantitative estimate of drug-likeness (QED) is 0.580. The monoisotopic (exact) mass is 279 g/mol. The zero-order valence-electron chi connectivity index (χ0n) is 11.0. The molecule has 0 rings (SSSR count). The first kappa shape index (κ1) is 16.9. The maximum absolute atomic E-state index is 11.9. The Labute approximate surface area is 108 Å². The molecule has 8 heteroatoms. The second-order valence-electron chi connectivity index (χ2n) is 4.05. The number of carbonyl (C=O) groups is 2. The molecule has 106 valence electrons. The molecule has 0 aliphatic carbocycles. The van der Waals surface area contributed by atoms with Crippen LogP contribution in [0.1, 0.15) is 13.3 Å². The largest absolute Gasteiger partial charge is 0.358 e. The first-order chi connectivity index (χ1) is 8.21. The SMILES string of the molecule is CCN(CC(=O)NC)C(=O)C(N)CCS(C)(=O)=O. The highest BCUT2D eigenvalue weighted by Gasteiger charge is 2.22. The summed E-state index contributed by atoms with van der Waals surface area (Å²) in [5.74, 6) is -0.845. The normalized spacial score (nSPS) is 12.9. The number of nitrogens with zero attached hydrogens (tertiary/aromatic N) is 1. The zero-order chi connectivity index (χ0) is 14.3. The maximum Gasteiger partial charge on any atom is 0.239 e. The molecule has 0 heterocycles. The van der Waals surface area contributed by atoms with Gasteiger partial charge >= 0.3 is 0 Å². The number of amides is 2. The Balaban J connectivity index is 4.45. The zero-order valence-corrected chi connectivity index (χ0v) is 11.8. The van der Waals surface area contributed by atoms with Crippen molar-refractivity contribution in [2.24, 2.45) is 5.73 Å². The summed E-state index contributed by atoms with van der Waals surface area (Å²) in [5, 5.41) is 2.41. The number of nitrogens with one attached hydrogen (secondary N) is 1. The second kappa shape index (κ2) is 7.32. The molecule has 0 aliphatic rings. The Morgan fingerprint density at radius 3 is 2.33 bits per heavy atom. The predicted molar refractivity (Wildman–Crippen MR) is 68.6 cm³/mol. The van der Waals surface area contributed by atoms with E-state index in [1.807, 2.05) is 0 Å². The lowest BCUT2D eigenvalue weighted by Crippen LogP contribution is -2.47. The van der Waals surface area contributed by atoms with Crippen molar-refractivity contribution in [3.8, 4) is 0 Å². The van der Waals surface area contributed by atoms with Gasteiger partial charge in [0.15, 0.2) is 0 Å². The van der Waals surface area contributed by atoms with Crippen molar-refractivity contribution in [2.45, 2.75) is 19.4 Å². The molecule has 0 spiro atoms. The topological polar surface area (TPSA) is 110 Å². The Morgan fingerprint density at radius 2 is 1.94 bits per heavy atom. The van der Waals surface area contributed by atoms with Gasteiger partial charge in [0.05, 0.1) is 18.3 Å². The molecule has 0 aliphatic heterocycles. The lowest BCUT2D eigenvalue weighted by atomic mass is 10.2. The maximum atomic E-state index is 11.9. The molecule has 0 aromatic carbocycles. The molecule has 0 aromatic rings. The summed E-state index contributed by atoms with van der Waals surface area (Å²) in [5.41, 5.74) is 5.63. The minimum Gasteiger partial charge on any atom is -0.358 e. The highest BCUT2D eigenvalue weighted by molar-refractivity contribution is 7.90. The van der Waals surface area contributed by atoms with Gasteiger partial charge in [-0.3, -0.25) is 9.59 Å². The predicted octanol–water partition coefficient (Wildman–Crippen LogP) is -1.66. The van der Waals surface area contributed by atoms with Gasteiger partial charge in [-0.15, -0.1) is 0 Å². The van der Waals surface area contributed by atoms with E-state index in [1.54, 1.807) is 6.92 Å². The van der Waals surface area contributed by atoms with Crippen molar-refractivity contribution < 1.29 is 18.0 Å². The van der Waals surface area contributed by atoms with Crippen molar-refractivity contribution in [3.63, 3.8) is 0 Å². The Hall–Kier alpha value is -1.15. The molecule has 18 heavy (non-hydrogen) atoms. The third kappa shape index (κ3) is 6.55. The second-order valence-corrected chi connectivity index (χ2v) is 6.31. The van der Waals surface area contributed by atoms with E-state index < -0.39 is 21.8 Å². The number of hydrogen-bond acceptors (Lipinski definition) is 5. The molecule has 0 aromatic heterocycles. The summed E-state index contributed by atoms with van der Waals surface area (Å²) < 4.78 is 22.0. The van der Waals surface area contributed by atoms with E-state index in [4.69, 9.17) is 5.73 Å². The summed E-state index contributed by atoms with van der Waals surface area (Å²) in [6.07, 6.45) is 1.15.